The van der Waals surface area contributed by atoms with Crippen molar-refractivity contribution in [2.24, 2.45) is 5.92 Å². The number of anilines is 1. The molecule has 1 aliphatic carbocycles. The van der Waals surface area contributed by atoms with Crippen LogP contribution in [0.15, 0.2) is 22.7 Å². The van der Waals surface area contributed by atoms with E-state index < -0.39 is 0 Å². The van der Waals surface area contributed by atoms with Crippen molar-refractivity contribution >= 4 is 21.6 Å². The molecule has 2 rings (SSSR count). The Morgan fingerprint density at radius 3 is 2.75 bits per heavy atom. The number of hydrogen-bond acceptors (Lipinski definition) is 2. The molecule has 1 aromatic carbocycles. The Labute approximate surface area is 105 Å². The molecule has 16 heavy (non-hydrogen) atoms. The summed E-state index contributed by atoms with van der Waals surface area (Å²) in [5.74, 6) is 0.785. The maximum Gasteiger partial charge on any atom is 0.0717 e. The highest BCUT2D eigenvalue weighted by molar-refractivity contribution is 9.10. The second-order valence-corrected chi connectivity index (χ2v) is 5.38. The van der Waals surface area contributed by atoms with Crippen LogP contribution in [0.5, 0.6) is 0 Å². The van der Waals surface area contributed by atoms with Gasteiger partial charge in [0.25, 0.3) is 0 Å². The summed E-state index contributed by atoms with van der Waals surface area (Å²) in [4.78, 5) is 0. The quantitative estimate of drug-likeness (QED) is 0.855. The highest BCUT2D eigenvalue weighted by Gasteiger charge is 2.14. The first-order chi connectivity index (χ1) is 7.75. The van der Waals surface area contributed by atoms with Gasteiger partial charge in [-0.05, 0) is 52.4 Å². The molecule has 0 unspecified atom stereocenters. The molecule has 0 aliphatic heterocycles. The second-order valence-electron chi connectivity index (χ2n) is 4.52. The third-order valence-electron chi connectivity index (χ3n) is 3.16. The molecule has 0 bridgehead atoms. The summed E-state index contributed by atoms with van der Waals surface area (Å²) in [5, 5.41) is 0. The fourth-order valence-electron chi connectivity index (χ4n) is 2.20. The molecule has 88 valence electrons. The molecule has 0 amide bonds. The number of nitrogen functional groups attached to an aromatic ring is 1. The minimum atomic E-state index is 0.675. The van der Waals surface area contributed by atoms with Gasteiger partial charge in [-0.3, -0.25) is 0 Å². The molecule has 2 nitrogen and oxygen atoms in total. The van der Waals surface area contributed by atoms with Crippen LogP contribution in [0, 0.1) is 5.92 Å². The Hall–Kier alpha value is -0.540. The predicted octanol–water partition coefficient (Wildman–Crippen LogP) is 3.74. The van der Waals surface area contributed by atoms with E-state index >= 15 is 0 Å². The molecule has 0 spiro atoms. The maximum atomic E-state index is 5.81. The van der Waals surface area contributed by atoms with E-state index in [-0.39, 0.29) is 0 Å². The molecular weight excluding hydrogens is 266 g/mol. The Kier molecular flexibility index (Phi) is 4.24. The van der Waals surface area contributed by atoms with E-state index in [0.29, 0.717) is 6.61 Å². The first kappa shape index (κ1) is 11.9. The van der Waals surface area contributed by atoms with Crippen molar-refractivity contribution in [1.29, 1.82) is 0 Å². The van der Waals surface area contributed by atoms with Crippen LogP contribution in [0.4, 0.5) is 5.69 Å². The monoisotopic (exact) mass is 283 g/mol. The fourth-order valence-corrected chi connectivity index (χ4v) is 2.45. The molecule has 0 atom stereocenters. The number of halogens is 1. The maximum absolute atomic E-state index is 5.81. The molecule has 1 fully saturated rings. The summed E-state index contributed by atoms with van der Waals surface area (Å²) < 4.78 is 6.68. The van der Waals surface area contributed by atoms with E-state index in [1.807, 2.05) is 12.1 Å². The largest absolute Gasteiger partial charge is 0.398 e. The van der Waals surface area contributed by atoms with E-state index in [2.05, 4.69) is 22.0 Å². The lowest BCUT2D eigenvalue weighted by Gasteiger charge is -2.10. The number of hydrogen-bond donors (Lipinski definition) is 1. The van der Waals surface area contributed by atoms with E-state index in [1.165, 1.54) is 25.7 Å². The Morgan fingerprint density at radius 1 is 1.31 bits per heavy atom. The van der Waals surface area contributed by atoms with E-state index in [0.717, 1.165) is 28.2 Å². The average Bonchev–Trinajstić information content (AvgIpc) is 2.76. The van der Waals surface area contributed by atoms with Crippen molar-refractivity contribution in [2.75, 3.05) is 12.3 Å². The van der Waals surface area contributed by atoms with Gasteiger partial charge in [-0.2, -0.15) is 0 Å². The SMILES string of the molecule is Nc1cc(COCC2CCCC2)ccc1Br. The standard InChI is InChI=1S/C13H18BrNO/c14-12-6-5-11(7-13(12)15)9-16-8-10-3-1-2-4-10/h5-7,10H,1-4,8-9,15H2. The summed E-state index contributed by atoms with van der Waals surface area (Å²) >= 11 is 3.39. The van der Waals surface area contributed by atoms with E-state index in [1.54, 1.807) is 0 Å². The molecule has 0 saturated heterocycles. The third kappa shape index (κ3) is 3.22. The number of ether oxygens (including phenoxy) is 1. The van der Waals surface area contributed by atoms with Crippen LogP contribution < -0.4 is 5.73 Å². The normalized spacial score (nSPS) is 16.8. The van der Waals surface area contributed by atoms with Crippen molar-refractivity contribution in [3.05, 3.63) is 28.2 Å². The first-order valence-corrected chi connectivity index (χ1v) is 6.66. The van der Waals surface area contributed by atoms with Crippen molar-refractivity contribution in [2.45, 2.75) is 32.3 Å². The molecule has 0 heterocycles. The van der Waals surface area contributed by atoms with Crippen LogP contribution in [-0.4, -0.2) is 6.61 Å². The molecule has 0 aromatic heterocycles. The van der Waals surface area contributed by atoms with Crippen LogP contribution >= 0.6 is 15.9 Å². The lowest BCUT2D eigenvalue weighted by Crippen LogP contribution is -2.05. The highest BCUT2D eigenvalue weighted by Crippen LogP contribution is 2.25. The van der Waals surface area contributed by atoms with Gasteiger partial charge in [0.15, 0.2) is 0 Å². The fraction of sp³-hybridized carbons (Fsp3) is 0.538. The number of benzene rings is 1. The van der Waals surface area contributed by atoms with Crippen molar-refractivity contribution in [3.63, 3.8) is 0 Å². The summed E-state index contributed by atoms with van der Waals surface area (Å²) in [7, 11) is 0. The van der Waals surface area contributed by atoms with Gasteiger partial charge in [0.2, 0.25) is 0 Å². The smallest absolute Gasteiger partial charge is 0.0717 e. The Morgan fingerprint density at radius 2 is 2.06 bits per heavy atom. The summed E-state index contributed by atoms with van der Waals surface area (Å²) in [6.45, 7) is 1.57. The second kappa shape index (κ2) is 5.69. The first-order valence-electron chi connectivity index (χ1n) is 5.87. The van der Waals surface area contributed by atoms with Crippen molar-refractivity contribution in [3.8, 4) is 0 Å². The minimum Gasteiger partial charge on any atom is -0.398 e. The van der Waals surface area contributed by atoms with Crippen LogP contribution in [0.1, 0.15) is 31.2 Å². The van der Waals surface area contributed by atoms with E-state index in [4.69, 9.17) is 10.5 Å². The van der Waals surface area contributed by atoms with Crippen LogP contribution in [0.3, 0.4) is 0 Å². The van der Waals surface area contributed by atoms with Gasteiger partial charge < -0.3 is 10.5 Å². The Bertz CT molecular complexity index is 348. The van der Waals surface area contributed by atoms with Crippen LogP contribution in [-0.2, 0) is 11.3 Å². The van der Waals surface area contributed by atoms with Gasteiger partial charge in [-0.1, -0.05) is 18.9 Å². The minimum absolute atomic E-state index is 0.675. The van der Waals surface area contributed by atoms with Gasteiger partial charge in [0.05, 0.1) is 6.61 Å². The van der Waals surface area contributed by atoms with E-state index in [9.17, 15) is 0 Å². The zero-order valence-corrected chi connectivity index (χ0v) is 11.0. The predicted molar refractivity (Wildman–Crippen MR) is 70.2 cm³/mol. The molecule has 1 saturated carbocycles. The third-order valence-corrected chi connectivity index (χ3v) is 3.88. The van der Waals surface area contributed by atoms with Gasteiger partial charge in [0.1, 0.15) is 0 Å². The van der Waals surface area contributed by atoms with Gasteiger partial charge >= 0.3 is 0 Å². The van der Waals surface area contributed by atoms with Crippen LogP contribution in [0.25, 0.3) is 0 Å². The van der Waals surface area contributed by atoms with Crippen molar-refractivity contribution < 1.29 is 4.74 Å². The molecule has 0 radical (unpaired) electrons. The lowest BCUT2D eigenvalue weighted by atomic mass is 10.1. The molecule has 3 heteroatoms. The van der Waals surface area contributed by atoms with Gasteiger partial charge in [-0.15, -0.1) is 0 Å². The molecular formula is C13H18BrNO. The average molecular weight is 284 g/mol. The van der Waals surface area contributed by atoms with Crippen molar-refractivity contribution in [1.82, 2.24) is 0 Å². The summed E-state index contributed by atoms with van der Waals surface area (Å²) in [6.07, 6.45) is 5.42. The topological polar surface area (TPSA) is 35.2 Å². The summed E-state index contributed by atoms with van der Waals surface area (Å²) in [6, 6.07) is 6.00. The zero-order chi connectivity index (χ0) is 11.4. The highest BCUT2D eigenvalue weighted by atomic mass is 79.9. The zero-order valence-electron chi connectivity index (χ0n) is 9.42. The Balaban J connectivity index is 1.78. The van der Waals surface area contributed by atoms with Gasteiger partial charge in [0, 0.05) is 16.8 Å². The summed E-state index contributed by atoms with van der Waals surface area (Å²) in [5.41, 5.74) is 7.74. The molecule has 1 aromatic rings. The van der Waals surface area contributed by atoms with Crippen LogP contribution in [0.2, 0.25) is 0 Å². The molecule has 1 aliphatic rings. The lowest BCUT2D eigenvalue weighted by molar-refractivity contribution is 0.0889. The number of nitrogens with two attached hydrogens (primary N) is 1. The van der Waals surface area contributed by atoms with Gasteiger partial charge in [-0.25, -0.2) is 0 Å². The molecule has 2 N–H and O–H groups in total. The number of rotatable bonds is 4.